The minimum absolute atomic E-state index is 0.544. The number of aromatic nitrogens is 2. The highest BCUT2D eigenvalue weighted by Crippen LogP contribution is 2.30. The molecule has 0 amide bonds. The van der Waals surface area contributed by atoms with Crippen LogP contribution in [0.15, 0.2) is 48.7 Å². The van der Waals surface area contributed by atoms with Crippen LogP contribution in [0.25, 0.3) is 11.0 Å². The highest BCUT2D eigenvalue weighted by molar-refractivity contribution is 5.76. The molecule has 1 atom stereocenters. The lowest BCUT2D eigenvalue weighted by Crippen LogP contribution is -2.34. The Hall–Kier alpha value is -2.33. The number of H-pyrrole nitrogens is 1. The molecule has 1 fully saturated rings. The Morgan fingerprint density at radius 2 is 2.16 bits per heavy atom. The van der Waals surface area contributed by atoms with E-state index in [-0.39, 0.29) is 0 Å². The fourth-order valence-electron chi connectivity index (χ4n) is 3.82. The molecule has 3 aromatic rings. The SMILES string of the molecule is CCOc1ccccc1CN1CCCC(c2cc3cccnc3[nH]2)C1. The standard InChI is InChI=1S/C21H25N3O/c1-2-25-20-10-4-3-7-18(20)15-24-12-6-9-17(14-24)19-13-16-8-5-11-22-21(16)23-19/h3-5,7-8,10-11,13,17H,2,6,9,12,14-15H2,1H3,(H,22,23). The fourth-order valence-corrected chi connectivity index (χ4v) is 3.82. The number of likely N-dealkylation sites (tertiary alicyclic amines) is 1. The van der Waals surface area contributed by atoms with Crippen molar-refractivity contribution in [2.45, 2.75) is 32.2 Å². The third-order valence-corrected chi connectivity index (χ3v) is 5.02. The first kappa shape index (κ1) is 16.2. The van der Waals surface area contributed by atoms with Gasteiger partial charge in [0.15, 0.2) is 0 Å². The van der Waals surface area contributed by atoms with Crippen molar-refractivity contribution in [3.8, 4) is 5.75 Å². The number of hydrogen-bond donors (Lipinski definition) is 1. The van der Waals surface area contributed by atoms with Gasteiger partial charge in [-0.25, -0.2) is 4.98 Å². The molecule has 130 valence electrons. The maximum atomic E-state index is 5.79. The molecule has 2 aromatic heterocycles. The Kier molecular flexibility index (Phi) is 4.70. The van der Waals surface area contributed by atoms with Crippen LogP contribution in [-0.2, 0) is 6.54 Å². The number of rotatable bonds is 5. The molecule has 1 N–H and O–H groups in total. The molecule has 1 saturated heterocycles. The van der Waals surface area contributed by atoms with Gasteiger partial charge in [-0.3, -0.25) is 4.90 Å². The molecule has 0 aliphatic carbocycles. The summed E-state index contributed by atoms with van der Waals surface area (Å²) in [5.41, 5.74) is 3.59. The first-order valence-corrected chi connectivity index (χ1v) is 9.20. The van der Waals surface area contributed by atoms with E-state index in [0.717, 1.165) is 31.0 Å². The van der Waals surface area contributed by atoms with Gasteiger partial charge in [-0.1, -0.05) is 18.2 Å². The minimum Gasteiger partial charge on any atom is -0.494 e. The number of nitrogens with one attached hydrogen (secondary N) is 1. The lowest BCUT2D eigenvalue weighted by atomic mass is 9.94. The second-order valence-electron chi connectivity index (χ2n) is 6.78. The lowest BCUT2D eigenvalue weighted by Gasteiger charge is -2.32. The summed E-state index contributed by atoms with van der Waals surface area (Å²) < 4.78 is 5.79. The summed E-state index contributed by atoms with van der Waals surface area (Å²) >= 11 is 0. The van der Waals surface area contributed by atoms with E-state index in [1.54, 1.807) is 0 Å². The van der Waals surface area contributed by atoms with E-state index in [4.69, 9.17) is 4.74 Å². The predicted molar refractivity (Wildman–Crippen MR) is 101 cm³/mol. The van der Waals surface area contributed by atoms with E-state index in [0.29, 0.717) is 12.5 Å². The monoisotopic (exact) mass is 335 g/mol. The molecule has 4 nitrogen and oxygen atoms in total. The predicted octanol–water partition coefficient (Wildman–Crippen LogP) is 4.34. The van der Waals surface area contributed by atoms with E-state index in [2.05, 4.69) is 45.2 Å². The van der Waals surface area contributed by atoms with Gasteiger partial charge in [0.2, 0.25) is 0 Å². The molecule has 25 heavy (non-hydrogen) atoms. The number of piperidine rings is 1. The molecule has 1 unspecified atom stereocenters. The molecule has 4 rings (SSSR count). The molecule has 3 heterocycles. The summed E-state index contributed by atoms with van der Waals surface area (Å²) in [7, 11) is 0. The van der Waals surface area contributed by atoms with E-state index >= 15 is 0 Å². The van der Waals surface area contributed by atoms with E-state index < -0.39 is 0 Å². The third-order valence-electron chi connectivity index (χ3n) is 5.02. The number of aromatic amines is 1. The zero-order valence-electron chi connectivity index (χ0n) is 14.7. The summed E-state index contributed by atoms with van der Waals surface area (Å²) in [4.78, 5) is 10.5. The van der Waals surface area contributed by atoms with Crippen molar-refractivity contribution in [3.63, 3.8) is 0 Å². The second-order valence-corrected chi connectivity index (χ2v) is 6.78. The average Bonchev–Trinajstić information content (AvgIpc) is 3.08. The minimum atomic E-state index is 0.544. The van der Waals surface area contributed by atoms with Crippen LogP contribution in [0.5, 0.6) is 5.75 Å². The fraction of sp³-hybridized carbons (Fsp3) is 0.381. The van der Waals surface area contributed by atoms with Crippen LogP contribution in [0.2, 0.25) is 0 Å². The number of pyridine rings is 1. The van der Waals surface area contributed by atoms with Crippen LogP contribution in [0.3, 0.4) is 0 Å². The second kappa shape index (κ2) is 7.28. The van der Waals surface area contributed by atoms with Crippen LogP contribution in [0, 0.1) is 0 Å². The molecule has 0 bridgehead atoms. The molecule has 0 radical (unpaired) electrons. The molecular weight excluding hydrogens is 310 g/mol. The van der Waals surface area contributed by atoms with Crippen molar-refractivity contribution >= 4 is 11.0 Å². The summed E-state index contributed by atoms with van der Waals surface area (Å²) in [6.07, 6.45) is 4.31. The van der Waals surface area contributed by atoms with Crippen molar-refractivity contribution in [3.05, 3.63) is 59.9 Å². The Labute approximate surface area is 148 Å². The van der Waals surface area contributed by atoms with Crippen molar-refractivity contribution in [2.24, 2.45) is 0 Å². The van der Waals surface area contributed by atoms with Crippen LogP contribution in [-0.4, -0.2) is 34.6 Å². The quantitative estimate of drug-likeness (QED) is 0.754. The van der Waals surface area contributed by atoms with Crippen LogP contribution < -0.4 is 4.74 Å². The number of benzene rings is 1. The molecule has 0 spiro atoms. The Morgan fingerprint density at radius 3 is 3.04 bits per heavy atom. The van der Waals surface area contributed by atoms with Gasteiger partial charge in [0, 0.05) is 41.8 Å². The van der Waals surface area contributed by atoms with Crippen LogP contribution in [0.1, 0.15) is 36.9 Å². The number of nitrogens with zero attached hydrogens (tertiary/aromatic N) is 2. The van der Waals surface area contributed by atoms with Gasteiger partial charge in [0.1, 0.15) is 11.4 Å². The molecule has 1 aliphatic rings. The zero-order chi connectivity index (χ0) is 17.1. The number of para-hydroxylation sites is 1. The number of fused-ring (bicyclic) bond motifs is 1. The number of ether oxygens (including phenoxy) is 1. The summed E-state index contributed by atoms with van der Waals surface area (Å²) in [6, 6.07) is 14.8. The van der Waals surface area contributed by atoms with Gasteiger partial charge in [-0.15, -0.1) is 0 Å². The Morgan fingerprint density at radius 1 is 1.24 bits per heavy atom. The summed E-state index contributed by atoms with van der Waals surface area (Å²) in [5, 5.41) is 1.20. The van der Waals surface area contributed by atoms with Crippen molar-refractivity contribution in [1.82, 2.24) is 14.9 Å². The normalized spacial score (nSPS) is 18.5. The van der Waals surface area contributed by atoms with Gasteiger partial charge in [-0.2, -0.15) is 0 Å². The Balaban J connectivity index is 1.49. The molecular formula is C21H25N3O. The first-order chi connectivity index (χ1) is 12.3. The largest absolute Gasteiger partial charge is 0.494 e. The highest BCUT2D eigenvalue weighted by Gasteiger charge is 2.23. The van der Waals surface area contributed by atoms with Crippen molar-refractivity contribution in [2.75, 3.05) is 19.7 Å². The molecule has 4 heteroatoms. The van der Waals surface area contributed by atoms with E-state index in [1.165, 1.54) is 29.5 Å². The summed E-state index contributed by atoms with van der Waals surface area (Å²) in [5.74, 6) is 1.56. The zero-order valence-corrected chi connectivity index (χ0v) is 14.7. The highest BCUT2D eigenvalue weighted by atomic mass is 16.5. The van der Waals surface area contributed by atoms with Crippen molar-refractivity contribution < 1.29 is 4.74 Å². The molecule has 1 aromatic carbocycles. The van der Waals surface area contributed by atoms with Gasteiger partial charge >= 0.3 is 0 Å². The van der Waals surface area contributed by atoms with E-state index in [9.17, 15) is 0 Å². The van der Waals surface area contributed by atoms with Gasteiger partial charge < -0.3 is 9.72 Å². The average molecular weight is 335 g/mol. The van der Waals surface area contributed by atoms with Crippen LogP contribution >= 0.6 is 0 Å². The molecule has 0 saturated carbocycles. The van der Waals surface area contributed by atoms with Gasteiger partial charge in [0.05, 0.1) is 6.61 Å². The summed E-state index contributed by atoms with van der Waals surface area (Å²) in [6.45, 7) is 5.92. The lowest BCUT2D eigenvalue weighted by molar-refractivity contribution is 0.195. The maximum absolute atomic E-state index is 5.79. The topological polar surface area (TPSA) is 41.1 Å². The van der Waals surface area contributed by atoms with Crippen molar-refractivity contribution in [1.29, 1.82) is 0 Å². The van der Waals surface area contributed by atoms with E-state index in [1.807, 2.05) is 25.3 Å². The Bertz CT molecular complexity index is 809. The maximum Gasteiger partial charge on any atom is 0.137 e. The van der Waals surface area contributed by atoms with Gasteiger partial charge in [0.25, 0.3) is 0 Å². The molecule has 1 aliphatic heterocycles. The smallest absolute Gasteiger partial charge is 0.137 e. The third kappa shape index (κ3) is 3.54. The first-order valence-electron chi connectivity index (χ1n) is 9.20. The van der Waals surface area contributed by atoms with Gasteiger partial charge in [-0.05, 0) is 50.6 Å². The van der Waals surface area contributed by atoms with Crippen LogP contribution in [0.4, 0.5) is 0 Å². The number of hydrogen-bond acceptors (Lipinski definition) is 3.